The van der Waals surface area contributed by atoms with Crippen LogP contribution in [-0.2, 0) is 32.6 Å². The summed E-state index contributed by atoms with van der Waals surface area (Å²) >= 11 is 12.3. The Labute approximate surface area is 280 Å². The highest BCUT2D eigenvalue weighted by atomic mass is 35.5. The standard InChI is InChI=1S/C35H37Cl2N3O5S/c1-4-25(2)38-35(42)33(21-26-10-6-5-7-11-26)39(23-27-12-8-15-31(20-27)45-3)34(41)24-40(30-14-9-13-29(37)22-30)46(43,44)32-18-16-28(36)17-19-32/h5-20,22,25,33H,4,21,23-24H2,1-3H3,(H,38,42)/t25-,33+/m0/s1. The first-order valence-electron chi connectivity index (χ1n) is 14.8. The van der Waals surface area contributed by atoms with Crippen LogP contribution < -0.4 is 14.4 Å². The molecule has 0 aliphatic heterocycles. The van der Waals surface area contributed by atoms with Crippen molar-refractivity contribution in [2.75, 3.05) is 18.0 Å². The van der Waals surface area contributed by atoms with Gasteiger partial charge in [-0.15, -0.1) is 0 Å². The van der Waals surface area contributed by atoms with Gasteiger partial charge in [-0.2, -0.15) is 0 Å². The number of halogens is 2. The number of hydrogen-bond donors (Lipinski definition) is 1. The molecule has 0 heterocycles. The first kappa shape index (κ1) is 34.8. The molecule has 242 valence electrons. The van der Waals surface area contributed by atoms with E-state index in [4.69, 9.17) is 27.9 Å². The second kappa shape index (κ2) is 16.0. The van der Waals surface area contributed by atoms with Crippen LogP contribution in [0.4, 0.5) is 5.69 Å². The third-order valence-electron chi connectivity index (χ3n) is 7.54. The summed E-state index contributed by atoms with van der Waals surface area (Å²) in [6.45, 7) is 3.27. The van der Waals surface area contributed by atoms with Crippen LogP contribution in [0.1, 0.15) is 31.4 Å². The molecule has 0 aromatic heterocycles. The molecule has 8 nitrogen and oxygen atoms in total. The van der Waals surface area contributed by atoms with Gasteiger partial charge in [0.25, 0.3) is 10.0 Å². The van der Waals surface area contributed by atoms with E-state index in [1.165, 1.54) is 35.2 Å². The fraction of sp³-hybridized carbons (Fsp3) is 0.257. The third kappa shape index (κ3) is 9.02. The van der Waals surface area contributed by atoms with Crippen molar-refractivity contribution in [2.45, 2.75) is 50.2 Å². The minimum absolute atomic E-state index is 0.0197. The van der Waals surface area contributed by atoms with Crippen molar-refractivity contribution in [2.24, 2.45) is 0 Å². The van der Waals surface area contributed by atoms with Crippen molar-refractivity contribution >= 4 is 50.7 Å². The largest absolute Gasteiger partial charge is 0.497 e. The van der Waals surface area contributed by atoms with E-state index in [1.807, 2.05) is 50.2 Å². The predicted octanol–water partition coefficient (Wildman–Crippen LogP) is 6.75. The summed E-state index contributed by atoms with van der Waals surface area (Å²) in [5, 5.41) is 3.69. The van der Waals surface area contributed by atoms with Gasteiger partial charge in [-0.05, 0) is 79.1 Å². The Hall–Kier alpha value is -4.05. The van der Waals surface area contributed by atoms with Crippen LogP contribution in [0.2, 0.25) is 10.0 Å². The molecule has 0 unspecified atom stereocenters. The molecule has 0 aliphatic rings. The second-order valence-corrected chi connectivity index (χ2v) is 13.6. The van der Waals surface area contributed by atoms with Crippen LogP contribution in [0.5, 0.6) is 5.75 Å². The topological polar surface area (TPSA) is 96.0 Å². The number of amides is 2. The van der Waals surface area contributed by atoms with E-state index in [1.54, 1.807) is 43.5 Å². The monoisotopic (exact) mass is 681 g/mol. The van der Waals surface area contributed by atoms with Crippen molar-refractivity contribution in [3.63, 3.8) is 0 Å². The zero-order valence-corrected chi connectivity index (χ0v) is 28.2. The number of anilines is 1. The number of nitrogens with zero attached hydrogens (tertiary/aromatic N) is 2. The highest BCUT2D eigenvalue weighted by Gasteiger charge is 2.35. The lowest BCUT2D eigenvalue weighted by atomic mass is 10.0. The van der Waals surface area contributed by atoms with Gasteiger partial charge in [0.05, 0.1) is 17.7 Å². The third-order valence-corrected chi connectivity index (χ3v) is 9.81. The highest BCUT2D eigenvalue weighted by molar-refractivity contribution is 7.92. The van der Waals surface area contributed by atoms with Gasteiger partial charge in [-0.1, -0.05) is 78.7 Å². The molecule has 11 heteroatoms. The SMILES string of the molecule is CC[C@H](C)NC(=O)[C@@H](Cc1ccccc1)N(Cc1cccc(OC)c1)C(=O)CN(c1cccc(Cl)c1)S(=O)(=O)c1ccc(Cl)cc1. The quantitative estimate of drug-likeness (QED) is 0.159. The molecule has 46 heavy (non-hydrogen) atoms. The van der Waals surface area contributed by atoms with Gasteiger partial charge < -0.3 is 15.0 Å². The summed E-state index contributed by atoms with van der Waals surface area (Å²) in [4.78, 5) is 29.9. The Kier molecular flexibility index (Phi) is 12.1. The molecule has 0 bridgehead atoms. The summed E-state index contributed by atoms with van der Waals surface area (Å²) in [7, 11) is -2.73. The van der Waals surface area contributed by atoms with Gasteiger partial charge in [0, 0.05) is 29.1 Å². The summed E-state index contributed by atoms with van der Waals surface area (Å²) in [6, 6.07) is 27.4. The Morgan fingerprint density at radius 3 is 2.17 bits per heavy atom. The summed E-state index contributed by atoms with van der Waals surface area (Å²) in [5.41, 5.74) is 1.74. The summed E-state index contributed by atoms with van der Waals surface area (Å²) in [6.07, 6.45) is 0.898. The molecular weight excluding hydrogens is 645 g/mol. The molecule has 4 aromatic rings. The Bertz CT molecular complexity index is 1740. The first-order valence-corrected chi connectivity index (χ1v) is 17.0. The number of carbonyl (C=O) groups is 2. The molecule has 0 spiro atoms. The molecule has 0 fully saturated rings. The lowest BCUT2D eigenvalue weighted by Gasteiger charge is -2.34. The lowest BCUT2D eigenvalue weighted by Crippen LogP contribution is -2.54. The fourth-order valence-corrected chi connectivity index (χ4v) is 6.57. The number of hydrogen-bond acceptors (Lipinski definition) is 5. The number of methoxy groups -OCH3 is 1. The van der Waals surface area contributed by atoms with Crippen molar-refractivity contribution in [3.05, 3.63) is 124 Å². The van der Waals surface area contributed by atoms with Crippen LogP contribution >= 0.6 is 23.2 Å². The minimum atomic E-state index is -4.28. The molecule has 0 saturated heterocycles. The molecule has 4 aromatic carbocycles. The Balaban J connectivity index is 1.82. The second-order valence-electron chi connectivity index (χ2n) is 10.8. The van der Waals surface area contributed by atoms with E-state index in [-0.39, 0.29) is 35.5 Å². The van der Waals surface area contributed by atoms with E-state index < -0.39 is 28.5 Å². The van der Waals surface area contributed by atoms with E-state index in [9.17, 15) is 18.0 Å². The zero-order chi connectivity index (χ0) is 33.3. The van der Waals surface area contributed by atoms with Gasteiger partial charge in [-0.25, -0.2) is 8.42 Å². The molecule has 1 N–H and O–H groups in total. The van der Waals surface area contributed by atoms with Gasteiger partial charge in [0.15, 0.2) is 0 Å². The summed E-state index contributed by atoms with van der Waals surface area (Å²) in [5.74, 6) is -0.343. The molecule has 2 amide bonds. The normalized spacial score (nSPS) is 12.5. The molecule has 2 atom stereocenters. The van der Waals surface area contributed by atoms with Crippen LogP contribution in [0.3, 0.4) is 0 Å². The molecule has 4 rings (SSSR count). The highest BCUT2D eigenvalue weighted by Crippen LogP contribution is 2.28. The van der Waals surface area contributed by atoms with E-state index in [0.29, 0.717) is 27.8 Å². The number of rotatable bonds is 14. The Morgan fingerprint density at radius 1 is 0.848 bits per heavy atom. The molecule has 0 aliphatic carbocycles. The number of nitrogens with one attached hydrogen (secondary N) is 1. The van der Waals surface area contributed by atoms with Crippen LogP contribution in [0.25, 0.3) is 0 Å². The number of ether oxygens (including phenoxy) is 1. The maximum atomic E-state index is 14.5. The zero-order valence-electron chi connectivity index (χ0n) is 25.9. The van der Waals surface area contributed by atoms with Crippen LogP contribution in [0.15, 0.2) is 108 Å². The number of benzene rings is 4. The Morgan fingerprint density at radius 2 is 1.52 bits per heavy atom. The number of sulfonamides is 1. The van der Waals surface area contributed by atoms with Crippen LogP contribution in [-0.4, -0.2) is 50.9 Å². The smallest absolute Gasteiger partial charge is 0.264 e. The van der Waals surface area contributed by atoms with Gasteiger partial charge in [-0.3, -0.25) is 13.9 Å². The molecule has 0 saturated carbocycles. The lowest BCUT2D eigenvalue weighted by molar-refractivity contribution is -0.140. The van der Waals surface area contributed by atoms with E-state index in [0.717, 1.165) is 9.87 Å². The maximum absolute atomic E-state index is 14.5. The maximum Gasteiger partial charge on any atom is 0.264 e. The fourth-order valence-electron chi connectivity index (χ4n) is 4.86. The van der Waals surface area contributed by atoms with Crippen LogP contribution in [0, 0.1) is 0 Å². The minimum Gasteiger partial charge on any atom is -0.497 e. The van der Waals surface area contributed by atoms with Gasteiger partial charge >= 0.3 is 0 Å². The number of carbonyl (C=O) groups excluding carboxylic acids is 2. The van der Waals surface area contributed by atoms with E-state index >= 15 is 0 Å². The molecular formula is C35H37Cl2N3O5S. The average Bonchev–Trinajstić information content (AvgIpc) is 3.05. The predicted molar refractivity (Wildman–Crippen MR) is 183 cm³/mol. The summed E-state index contributed by atoms with van der Waals surface area (Å²) < 4.78 is 34.6. The average molecular weight is 683 g/mol. The van der Waals surface area contributed by atoms with Crippen molar-refractivity contribution in [1.82, 2.24) is 10.2 Å². The van der Waals surface area contributed by atoms with Crippen molar-refractivity contribution < 1.29 is 22.7 Å². The van der Waals surface area contributed by atoms with Crippen molar-refractivity contribution in [3.8, 4) is 5.75 Å². The first-order chi connectivity index (χ1) is 22.0. The van der Waals surface area contributed by atoms with Gasteiger partial charge in [0.2, 0.25) is 11.8 Å². The van der Waals surface area contributed by atoms with E-state index in [2.05, 4.69) is 5.32 Å². The molecule has 0 radical (unpaired) electrons. The van der Waals surface area contributed by atoms with Crippen molar-refractivity contribution in [1.29, 1.82) is 0 Å². The van der Waals surface area contributed by atoms with Gasteiger partial charge in [0.1, 0.15) is 18.3 Å².